The summed E-state index contributed by atoms with van der Waals surface area (Å²) < 4.78 is 1.61. The fraction of sp³-hybridized carbons (Fsp3) is 0.816. The molecular weight excluding hydrogens is 1130 g/mol. The molecule has 2 aromatic carbocycles. The first-order chi connectivity index (χ1) is 44.6. The summed E-state index contributed by atoms with van der Waals surface area (Å²) in [5.41, 5.74) is 22.2. The minimum absolute atomic E-state index is 1.04. The second kappa shape index (κ2) is 65.7. The van der Waals surface area contributed by atoms with Gasteiger partial charge in [-0.25, -0.2) is 4.70 Å². The summed E-state index contributed by atoms with van der Waals surface area (Å²) in [7, 11) is 0. The molecule has 2 nitrogen and oxygen atoms in total. The molecule has 0 fully saturated rings. The molecule has 0 aromatic heterocycles. The molecule has 0 N–H and O–H groups in total. The molecule has 0 saturated carbocycles. The molecule has 0 atom stereocenters. The van der Waals surface area contributed by atoms with Crippen molar-refractivity contribution in [3.05, 3.63) is 87.5 Å². The van der Waals surface area contributed by atoms with Crippen molar-refractivity contribution in [2.45, 2.75) is 457 Å². The van der Waals surface area contributed by atoms with Gasteiger partial charge in [-0.05, 0) is 86.8 Å². The summed E-state index contributed by atoms with van der Waals surface area (Å²) >= 11 is 2.05. The summed E-state index contributed by atoms with van der Waals surface area (Å²) in [4.78, 5) is 0. The van der Waals surface area contributed by atoms with Crippen molar-refractivity contribution in [3.63, 3.8) is 0 Å². The standard InChI is InChI=1S/C43H66N2.2C22H45.Ni/c1-5-9-13-16-18-21-27-37-29-25-31-39(35-37)42-40(32-22-15-11-7-3)41(33-23-19-17-14-10-6-2)43(45(42)44)38-30-24-28-36(34-38)26-20-12-8-4;2*1-3-5-7-9-11-13-15-17-19-21-22-20-18-16-14-12-10-8-6-4-2;/h24-25,28-31,34-35H,5-23,26-27,32-33H2,1-4H3;2*1,3-22H2,2H3;. The number of benzene rings is 2. The summed E-state index contributed by atoms with van der Waals surface area (Å²) in [6.45, 7) is 13.8. The minimum atomic E-state index is 1.04. The van der Waals surface area contributed by atoms with E-state index in [1.165, 1.54) is 423 Å². The second-order valence-electron chi connectivity index (χ2n) is 28.6. The van der Waals surface area contributed by atoms with Crippen LogP contribution in [0.2, 0.25) is 10.8 Å². The van der Waals surface area contributed by atoms with Gasteiger partial charge < -0.3 is 5.53 Å². The van der Waals surface area contributed by atoms with Crippen LogP contribution in [0.3, 0.4) is 0 Å². The first kappa shape index (κ1) is 84.1. The van der Waals surface area contributed by atoms with Crippen molar-refractivity contribution in [1.29, 1.82) is 0 Å². The number of hydrogen-bond acceptors (Lipinski definition) is 0. The Bertz CT molecular complexity index is 1880. The van der Waals surface area contributed by atoms with Gasteiger partial charge >= 0.3 is 166 Å². The van der Waals surface area contributed by atoms with Gasteiger partial charge in [-0.1, -0.05) is 278 Å². The van der Waals surface area contributed by atoms with Crippen LogP contribution in [0.1, 0.15) is 455 Å². The van der Waals surface area contributed by atoms with E-state index in [-0.39, 0.29) is 0 Å². The maximum absolute atomic E-state index is 12.2. The van der Waals surface area contributed by atoms with E-state index in [4.69, 9.17) is 0 Å². The number of rotatable bonds is 67. The number of unbranched alkanes of at least 4 members (excludes halogenated alkanes) is 53. The molecule has 0 amide bonds. The molecule has 2 aromatic rings. The van der Waals surface area contributed by atoms with Crippen LogP contribution in [0, 0.1) is 0 Å². The van der Waals surface area contributed by atoms with Gasteiger partial charge in [-0.2, -0.15) is 0 Å². The Morgan fingerprint density at radius 1 is 0.244 bits per heavy atom. The van der Waals surface area contributed by atoms with Crippen LogP contribution in [-0.2, 0) is 27.3 Å². The minimum Gasteiger partial charge on any atom is -0.0654 e. The molecule has 0 spiro atoms. The third kappa shape index (κ3) is 47.0. The van der Waals surface area contributed by atoms with Gasteiger partial charge in [0.25, 0.3) is 0 Å². The van der Waals surface area contributed by atoms with Crippen LogP contribution in [0.25, 0.3) is 16.9 Å². The van der Waals surface area contributed by atoms with E-state index >= 15 is 0 Å². The average Bonchev–Trinajstić information content (AvgIpc) is 1.73. The summed E-state index contributed by atoms with van der Waals surface area (Å²) in [5.74, 6) is 0. The Balaban J connectivity index is 0.000000613. The number of hydrogen-bond donors (Lipinski definition) is 0. The molecular formula is C87H156N2Ni. The van der Waals surface area contributed by atoms with E-state index in [9.17, 15) is 5.53 Å². The third-order valence-electron chi connectivity index (χ3n) is 19.9. The van der Waals surface area contributed by atoms with Gasteiger partial charge in [0.2, 0.25) is 11.4 Å². The molecule has 1 heterocycles. The Morgan fingerprint density at radius 3 is 0.711 bits per heavy atom. The quantitative estimate of drug-likeness (QED) is 0.0358. The van der Waals surface area contributed by atoms with E-state index < -0.39 is 0 Å². The first-order valence-electron chi connectivity index (χ1n) is 41.1. The van der Waals surface area contributed by atoms with E-state index in [1.54, 1.807) is 4.70 Å². The Kier molecular flexibility index (Phi) is 61.4. The molecule has 0 aliphatic carbocycles. The summed E-state index contributed by atoms with van der Waals surface area (Å²) in [6.07, 6.45) is 87.9. The van der Waals surface area contributed by atoms with Crippen molar-refractivity contribution >= 4 is 11.4 Å². The number of nitrogens with zero attached hydrogens (tertiary/aromatic N) is 2. The Labute approximate surface area is 571 Å². The number of allylic oxidation sites excluding steroid dienone is 2. The van der Waals surface area contributed by atoms with E-state index in [1.807, 2.05) is 14.4 Å². The summed E-state index contributed by atoms with van der Waals surface area (Å²) in [5, 5.41) is 2.87. The van der Waals surface area contributed by atoms with Crippen LogP contribution < -0.4 is 0 Å². The Hall–Kier alpha value is -1.99. The van der Waals surface area contributed by atoms with Crippen LogP contribution >= 0.6 is 0 Å². The first-order valence-corrected chi connectivity index (χ1v) is 42.5. The maximum atomic E-state index is 12.2. The van der Waals surface area contributed by atoms with Crippen molar-refractivity contribution in [2.75, 3.05) is 0 Å². The normalized spacial score (nSPS) is 12.6. The molecule has 90 heavy (non-hydrogen) atoms. The van der Waals surface area contributed by atoms with E-state index in [0.717, 1.165) is 37.1 Å². The predicted molar refractivity (Wildman–Crippen MR) is 403 cm³/mol. The van der Waals surface area contributed by atoms with Gasteiger partial charge in [0.05, 0.1) is 0 Å². The van der Waals surface area contributed by atoms with Crippen molar-refractivity contribution in [2.24, 2.45) is 0 Å². The van der Waals surface area contributed by atoms with Crippen molar-refractivity contribution in [1.82, 2.24) is 0 Å². The van der Waals surface area contributed by atoms with Crippen molar-refractivity contribution in [3.8, 4) is 0 Å². The summed E-state index contributed by atoms with van der Waals surface area (Å²) in [6, 6.07) is 18.2. The molecule has 0 saturated heterocycles. The topological polar surface area (TPSA) is 25.3 Å². The van der Waals surface area contributed by atoms with Gasteiger partial charge in [0.15, 0.2) is 0 Å². The van der Waals surface area contributed by atoms with E-state index in [0.29, 0.717) is 0 Å². The van der Waals surface area contributed by atoms with Gasteiger partial charge in [-0.15, -0.1) is 0 Å². The molecule has 3 heteroatoms. The fourth-order valence-electron chi connectivity index (χ4n) is 13.9. The number of aryl methyl sites for hydroxylation is 2. The Morgan fingerprint density at radius 2 is 0.444 bits per heavy atom. The SMILES string of the molecule is CCCCCCCCC1=C(c2cccc(CCCCC)c2)[N+](=[N-])C(c2cccc(CCCCCCCC)c2)=C1CCCCCC.CCCCCCCCCCCCCCCCCCCCC[CH2][Ni][CH2]CCCCCCCCCCCCCCCCCCCCC. The zero-order valence-electron chi connectivity index (χ0n) is 61.8. The molecule has 0 radical (unpaired) electrons. The van der Waals surface area contributed by atoms with E-state index in [2.05, 4.69) is 90.1 Å². The molecule has 0 unspecified atom stereocenters. The van der Waals surface area contributed by atoms with Gasteiger partial charge in [0, 0.05) is 22.3 Å². The smallest absolute Gasteiger partial charge is 0.0654 e. The van der Waals surface area contributed by atoms with Gasteiger partial charge in [-0.3, -0.25) is 0 Å². The zero-order chi connectivity index (χ0) is 64.5. The molecule has 0 bridgehead atoms. The van der Waals surface area contributed by atoms with Gasteiger partial charge in [0.1, 0.15) is 0 Å². The fourth-order valence-corrected chi connectivity index (χ4v) is 15.2. The molecule has 3 rings (SSSR count). The second-order valence-corrected chi connectivity index (χ2v) is 30.1. The predicted octanol–water partition coefficient (Wildman–Crippen LogP) is 31.8. The van der Waals surface area contributed by atoms with Crippen LogP contribution in [0.5, 0.6) is 0 Å². The third-order valence-corrected chi connectivity index (χ3v) is 21.3. The average molecular weight is 1290 g/mol. The molecule has 1 aliphatic rings. The van der Waals surface area contributed by atoms with Crippen LogP contribution in [0.4, 0.5) is 0 Å². The monoisotopic (exact) mass is 1290 g/mol. The molecule has 524 valence electrons. The van der Waals surface area contributed by atoms with Crippen LogP contribution in [0.15, 0.2) is 59.7 Å². The zero-order valence-corrected chi connectivity index (χ0v) is 62.8. The molecule has 1 aliphatic heterocycles. The van der Waals surface area contributed by atoms with Crippen LogP contribution in [-0.4, -0.2) is 4.70 Å². The van der Waals surface area contributed by atoms with Crippen molar-refractivity contribution < 1.29 is 19.1 Å².